The van der Waals surface area contributed by atoms with Crippen molar-refractivity contribution in [1.29, 1.82) is 0 Å². The average Bonchev–Trinajstić information content (AvgIpc) is 2.92. The van der Waals surface area contributed by atoms with Crippen LogP contribution in [0, 0.1) is 0 Å². The number of benzene rings is 1. The minimum Gasteiger partial charge on any atom is -0.448 e. The van der Waals surface area contributed by atoms with Gasteiger partial charge in [0.25, 0.3) is 0 Å². The lowest BCUT2D eigenvalue weighted by molar-refractivity contribution is -0.915. The van der Waals surface area contributed by atoms with Crippen LogP contribution in [-0.4, -0.2) is 26.2 Å². The molecule has 2 aromatic rings. The highest BCUT2D eigenvalue weighted by Gasteiger charge is 2.31. The average molecular weight is 390 g/mol. The largest absolute Gasteiger partial charge is 0.448 e. The van der Waals surface area contributed by atoms with Crippen LogP contribution in [0.25, 0.3) is 0 Å². The van der Waals surface area contributed by atoms with Crippen LogP contribution in [0.15, 0.2) is 45.5 Å². The van der Waals surface area contributed by atoms with Crippen molar-refractivity contribution >= 4 is 21.6 Å². The molecule has 23 heavy (non-hydrogen) atoms. The number of hydrogen-bond acceptors (Lipinski definition) is 2. The first kappa shape index (κ1) is 16.4. The first-order valence-corrected chi connectivity index (χ1v) is 8.21. The second-order valence-corrected chi connectivity index (χ2v) is 6.45. The lowest BCUT2D eigenvalue weighted by atomic mass is 10.1. The number of rotatable bonds is 3. The third-order valence-electron chi connectivity index (χ3n) is 4.06. The highest BCUT2D eigenvalue weighted by atomic mass is 79.9. The molecule has 0 saturated carbocycles. The highest BCUT2D eigenvalue weighted by molar-refractivity contribution is 9.10. The molecule has 1 fully saturated rings. The summed E-state index contributed by atoms with van der Waals surface area (Å²) in [5.41, 5.74) is 0.0461. The molecule has 0 amide bonds. The van der Waals surface area contributed by atoms with E-state index >= 15 is 0 Å². The zero-order valence-corrected chi connectivity index (χ0v) is 14.0. The van der Waals surface area contributed by atoms with Gasteiger partial charge in [-0.15, -0.1) is 0 Å². The van der Waals surface area contributed by atoms with E-state index in [1.807, 2.05) is 17.0 Å². The quantitative estimate of drug-likeness (QED) is 0.870. The molecule has 3 rings (SSSR count). The lowest BCUT2D eigenvalue weighted by Gasteiger charge is -2.33. The van der Waals surface area contributed by atoms with Gasteiger partial charge in [0.2, 0.25) is 0 Å². The fourth-order valence-electron chi connectivity index (χ4n) is 2.83. The smallest absolute Gasteiger partial charge is 0.416 e. The molecule has 0 spiro atoms. The predicted molar refractivity (Wildman–Crippen MR) is 84.5 cm³/mol. The summed E-state index contributed by atoms with van der Waals surface area (Å²) in [4.78, 5) is 3.38. The Kier molecular flexibility index (Phi) is 4.68. The first-order chi connectivity index (χ1) is 10.9. The molecule has 124 valence electrons. The molecule has 1 aliphatic rings. The van der Waals surface area contributed by atoms with Crippen LogP contribution in [0.1, 0.15) is 11.3 Å². The Morgan fingerprint density at radius 1 is 1.13 bits per heavy atom. The monoisotopic (exact) mass is 389 g/mol. The maximum absolute atomic E-state index is 12.8. The summed E-state index contributed by atoms with van der Waals surface area (Å²) < 4.78 is 44.6. The molecule has 0 unspecified atom stereocenters. The fraction of sp³-hybridized carbons (Fsp3) is 0.375. The van der Waals surface area contributed by atoms with Gasteiger partial charge < -0.3 is 14.2 Å². The van der Waals surface area contributed by atoms with Crippen LogP contribution in [0.5, 0.6) is 0 Å². The lowest BCUT2D eigenvalue weighted by Crippen LogP contribution is -3.13. The fourth-order valence-corrected chi connectivity index (χ4v) is 3.17. The van der Waals surface area contributed by atoms with E-state index in [1.165, 1.54) is 17.0 Å². The Hall–Kier alpha value is -1.47. The molecule has 1 saturated heterocycles. The number of nitrogens with zero attached hydrogens (tertiary/aromatic N) is 1. The molecule has 1 aromatic heterocycles. The van der Waals surface area contributed by atoms with Gasteiger partial charge in [-0.2, -0.15) is 13.2 Å². The second kappa shape index (κ2) is 6.57. The van der Waals surface area contributed by atoms with Crippen molar-refractivity contribution in [2.24, 2.45) is 0 Å². The van der Waals surface area contributed by atoms with Crippen LogP contribution < -0.4 is 9.80 Å². The third kappa shape index (κ3) is 4.09. The molecular weight excluding hydrogens is 373 g/mol. The minimum atomic E-state index is -4.30. The van der Waals surface area contributed by atoms with E-state index in [9.17, 15) is 13.2 Å². The van der Waals surface area contributed by atoms with Crippen molar-refractivity contribution in [1.82, 2.24) is 0 Å². The van der Waals surface area contributed by atoms with E-state index in [2.05, 4.69) is 15.9 Å². The molecule has 1 N–H and O–H groups in total. The van der Waals surface area contributed by atoms with E-state index in [0.717, 1.165) is 49.2 Å². The van der Waals surface area contributed by atoms with Gasteiger partial charge in [0.1, 0.15) is 6.54 Å². The van der Waals surface area contributed by atoms with Crippen molar-refractivity contribution in [3.8, 4) is 0 Å². The summed E-state index contributed by atoms with van der Waals surface area (Å²) in [6.07, 6.45) is -4.30. The van der Waals surface area contributed by atoms with Gasteiger partial charge >= 0.3 is 6.18 Å². The maximum Gasteiger partial charge on any atom is 0.416 e. The van der Waals surface area contributed by atoms with Crippen molar-refractivity contribution in [2.75, 3.05) is 31.1 Å². The number of hydrogen-bond donors (Lipinski definition) is 1. The number of piperazine rings is 1. The van der Waals surface area contributed by atoms with Gasteiger partial charge in [-0.1, -0.05) is 6.07 Å². The summed E-state index contributed by atoms with van der Waals surface area (Å²) in [6, 6.07) is 9.36. The minimum absolute atomic E-state index is 0.592. The zero-order chi connectivity index (χ0) is 16.4. The van der Waals surface area contributed by atoms with E-state index in [-0.39, 0.29) is 0 Å². The third-order valence-corrected chi connectivity index (χ3v) is 4.49. The van der Waals surface area contributed by atoms with Gasteiger partial charge in [0.15, 0.2) is 10.4 Å². The summed E-state index contributed by atoms with van der Waals surface area (Å²) in [5, 5.41) is 0. The van der Waals surface area contributed by atoms with Gasteiger partial charge in [0, 0.05) is 5.69 Å². The predicted octanol–water partition coefficient (Wildman–Crippen LogP) is 2.97. The molecule has 0 radical (unpaired) electrons. The van der Waals surface area contributed by atoms with Gasteiger partial charge in [-0.05, 0) is 46.3 Å². The van der Waals surface area contributed by atoms with E-state index in [0.29, 0.717) is 5.69 Å². The van der Waals surface area contributed by atoms with Crippen LogP contribution in [-0.2, 0) is 12.7 Å². The Labute approximate surface area is 140 Å². The van der Waals surface area contributed by atoms with Crippen molar-refractivity contribution < 1.29 is 22.5 Å². The second-order valence-electron chi connectivity index (χ2n) is 5.67. The molecule has 1 aromatic carbocycles. The number of halogens is 4. The molecule has 7 heteroatoms. The Balaban J connectivity index is 1.60. The number of quaternary nitrogens is 1. The molecule has 0 aliphatic carbocycles. The topological polar surface area (TPSA) is 20.8 Å². The molecular formula is C16H17BrF3N2O+. The Bertz CT molecular complexity index is 663. The summed E-state index contributed by atoms with van der Waals surface area (Å²) in [5.74, 6) is 0.916. The SMILES string of the molecule is FC(F)(F)c1cccc(N2CC[NH+](Cc3ccc(Br)o3)CC2)c1. The van der Waals surface area contributed by atoms with Crippen LogP contribution >= 0.6 is 15.9 Å². The van der Waals surface area contributed by atoms with Crippen LogP contribution in [0.2, 0.25) is 0 Å². The first-order valence-electron chi connectivity index (χ1n) is 7.42. The van der Waals surface area contributed by atoms with E-state index in [1.54, 1.807) is 6.07 Å². The molecule has 3 nitrogen and oxygen atoms in total. The summed E-state index contributed by atoms with van der Waals surface area (Å²) >= 11 is 3.28. The maximum atomic E-state index is 12.8. The standard InChI is InChI=1S/C16H16BrF3N2O/c17-15-5-4-14(23-15)11-21-6-8-22(9-7-21)13-3-1-2-12(10-13)16(18,19)20/h1-5,10H,6-9,11H2/p+1. The Morgan fingerprint density at radius 2 is 1.87 bits per heavy atom. The Morgan fingerprint density at radius 3 is 2.48 bits per heavy atom. The number of nitrogens with one attached hydrogen (secondary N) is 1. The zero-order valence-electron chi connectivity index (χ0n) is 12.4. The number of alkyl halides is 3. The normalized spacial score (nSPS) is 16.8. The van der Waals surface area contributed by atoms with Crippen molar-refractivity contribution in [3.63, 3.8) is 0 Å². The molecule has 2 heterocycles. The summed E-state index contributed by atoms with van der Waals surface area (Å²) in [6.45, 7) is 4.00. The van der Waals surface area contributed by atoms with E-state index < -0.39 is 11.7 Å². The molecule has 0 atom stereocenters. The highest BCUT2D eigenvalue weighted by Crippen LogP contribution is 2.31. The molecule has 0 bridgehead atoms. The van der Waals surface area contributed by atoms with Crippen LogP contribution in [0.3, 0.4) is 0 Å². The van der Waals surface area contributed by atoms with Crippen molar-refractivity contribution in [3.05, 3.63) is 52.4 Å². The van der Waals surface area contributed by atoms with Gasteiger partial charge in [-0.25, -0.2) is 0 Å². The van der Waals surface area contributed by atoms with Gasteiger partial charge in [0.05, 0.1) is 31.7 Å². The molecule has 1 aliphatic heterocycles. The van der Waals surface area contributed by atoms with E-state index in [4.69, 9.17) is 4.42 Å². The summed E-state index contributed by atoms with van der Waals surface area (Å²) in [7, 11) is 0. The number of anilines is 1. The number of furan rings is 1. The van der Waals surface area contributed by atoms with Crippen molar-refractivity contribution in [2.45, 2.75) is 12.7 Å². The van der Waals surface area contributed by atoms with Gasteiger partial charge in [-0.3, -0.25) is 0 Å². The van der Waals surface area contributed by atoms with Crippen LogP contribution in [0.4, 0.5) is 18.9 Å².